The zero-order valence-electron chi connectivity index (χ0n) is 16.0. The average Bonchev–Trinajstić information content (AvgIpc) is 3.22. The van der Waals surface area contributed by atoms with Crippen molar-refractivity contribution < 1.29 is 19.8 Å². The maximum Gasteiger partial charge on any atom is 0.355 e. The molecule has 2 rings (SSSR count). The molecule has 1 aromatic heterocycles. The van der Waals surface area contributed by atoms with Crippen LogP contribution in [0, 0.1) is 11.8 Å². The topological polar surface area (TPSA) is 87.5 Å². The molecule has 7 heteroatoms. The molecule has 1 aliphatic rings. The predicted molar refractivity (Wildman–Crippen MR) is 110 cm³/mol. The van der Waals surface area contributed by atoms with Gasteiger partial charge in [0, 0.05) is 23.5 Å². The van der Waals surface area contributed by atoms with Gasteiger partial charge in [-0.2, -0.15) is 0 Å². The van der Waals surface area contributed by atoms with E-state index in [1.807, 2.05) is 13.0 Å². The third-order valence-corrected chi connectivity index (χ3v) is 7.08. The SMILES string of the molecule is CCCCC(C)(O)CC=C[C@H]1CCC(=O)[C@@H]1CCSc1nc(C(=O)O)cs1. The van der Waals surface area contributed by atoms with Crippen molar-refractivity contribution in [2.75, 3.05) is 5.75 Å². The molecular weight excluding hydrogens is 382 g/mol. The molecule has 1 unspecified atom stereocenters. The minimum Gasteiger partial charge on any atom is -0.476 e. The van der Waals surface area contributed by atoms with E-state index in [1.54, 1.807) is 5.38 Å². The number of allylic oxidation sites excluding steroid dienone is 1. The second-order valence-corrected chi connectivity index (χ2v) is 9.65. The fourth-order valence-corrected chi connectivity index (χ4v) is 5.28. The van der Waals surface area contributed by atoms with Crippen LogP contribution in [0.5, 0.6) is 0 Å². The lowest BCUT2D eigenvalue weighted by atomic mass is 9.90. The van der Waals surface area contributed by atoms with E-state index in [9.17, 15) is 14.7 Å². The molecule has 150 valence electrons. The molecule has 3 atom stereocenters. The van der Waals surface area contributed by atoms with Crippen LogP contribution >= 0.6 is 23.1 Å². The summed E-state index contributed by atoms with van der Waals surface area (Å²) in [6, 6.07) is 0. The Balaban J connectivity index is 1.82. The Kier molecular flexibility index (Phi) is 8.51. The van der Waals surface area contributed by atoms with Crippen molar-refractivity contribution in [2.45, 2.75) is 68.7 Å². The third kappa shape index (κ3) is 7.05. The van der Waals surface area contributed by atoms with Crippen LogP contribution in [0.2, 0.25) is 0 Å². The quantitative estimate of drug-likeness (QED) is 0.401. The van der Waals surface area contributed by atoms with E-state index in [0.717, 1.165) is 42.2 Å². The summed E-state index contributed by atoms with van der Waals surface area (Å²) in [7, 11) is 0. The number of carboxylic acids is 1. The largest absolute Gasteiger partial charge is 0.476 e. The number of aromatic nitrogens is 1. The molecule has 0 radical (unpaired) electrons. The van der Waals surface area contributed by atoms with E-state index in [0.29, 0.717) is 18.6 Å². The van der Waals surface area contributed by atoms with Gasteiger partial charge < -0.3 is 10.2 Å². The summed E-state index contributed by atoms with van der Waals surface area (Å²) < 4.78 is 0.733. The summed E-state index contributed by atoms with van der Waals surface area (Å²) in [5.74, 6) is 0.318. The molecule has 1 aromatic rings. The van der Waals surface area contributed by atoms with Crippen molar-refractivity contribution in [3.05, 3.63) is 23.2 Å². The van der Waals surface area contributed by atoms with Gasteiger partial charge in [0.15, 0.2) is 10.0 Å². The Morgan fingerprint density at radius 1 is 1.52 bits per heavy atom. The monoisotopic (exact) mass is 411 g/mol. The van der Waals surface area contributed by atoms with Crippen LogP contribution < -0.4 is 0 Å². The minimum absolute atomic E-state index is 0.0215. The summed E-state index contributed by atoms with van der Waals surface area (Å²) in [6.45, 7) is 3.99. The zero-order valence-corrected chi connectivity index (χ0v) is 17.7. The van der Waals surface area contributed by atoms with Gasteiger partial charge in [-0.3, -0.25) is 4.79 Å². The number of nitrogens with zero attached hydrogens (tertiary/aromatic N) is 1. The molecule has 5 nitrogen and oxygen atoms in total. The third-order valence-electron chi connectivity index (χ3n) is 5.02. The number of unbranched alkanes of at least 4 members (excludes halogenated alkanes) is 1. The number of thiazole rings is 1. The number of Topliss-reactive ketones (excluding diaryl/α,β-unsaturated/α-hetero) is 1. The minimum atomic E-state index is -1.01. The normalized spacial score (nSPS) is 22.4. The maximum atomic E-state index is 12.2. The highest BCUT2D eigenvalue weighted by molar-refractivity contribution is 8.01. The fourth-order valence-electron chi connectivity index (χ4n) is 3.39. The Morgan fingerprint density at radius 2 is 2.30 bits per heavy atom. The van der Waals surface area contributed by atoms with Crippen LogP contribution in [0.4, 0.5) is 0 Å². The van der Waals surface area contributed by atoms with Gasteiger partial charge in [-0.05, 0) is 38.5 Å². The highest BCUT2D eigenvalue weighted by atomic mass is 32.2. The van der Waals surface area contributed by atoms with E-state index in [4.69, 9.17) is 5.11 Å². The number of hydrogen-bond acceptors (Lipinski definition) is 6. The number of carbonyl (C=O) groups is 2. The Labute approximate surface area is 169 Å². The molecule has 2 N–H and O–H groups in total. The molecule has 27 heavy (non-hydrogen) atoms. The number of rotatable bonds is 11. The molecule has 0 aliphatic heterocycles. The van der Waals surface area contributed by atoms with E-state index in [-0.39, 0.29) is 17.5 Å². The number of carboxylic acid groups (broad SMARTS) is 1. The first kappa shape index (κ1) is 22.1. The number of aliphatic hydroxyl groups is 1. The second kappa shape index (κ2) is 10.4. The second-order valence-electron chi connectivity index (χ2n) is 7.45. The van der Waals surface area contributed by atoms with E-state index in [1.165, 1.54) is 23.1 Å². The number of ketones is 1. The van der Waals surface area contributed by atoms with Crippen molar-refractivity contribution in [3.63, 3.8) is 0 Å². The van der Waals surface area contributed by atoms with Crippen molar-refractivity contribution in [1.82, 2.24) is 4.98 Å². The first-order valence-electron chi connectivity index (χ1n) is 9.56. The van der Waals surface area contributed by atoms with Gasteiger partial charge in [0.25, 0.3) is 0 Å². The van der Waals surface area contributed by atoms with Crippen LogP contribution in [0.3, 0.4) is 0 Å². The average molecular weight is 412 g/mol. The van der Waals surface area contributed by atoms with Crippen molar-refractivity contribution >= 4 is 34.9 Å². The molecule has 0 aromatic carbocycles. The number of hydrogen-bond donors (Lipinski definition) is 2. The molecule has 0 bridgehead atoms. The summed E-state index contributed by atoms with van der Waals surface area (Å²) in [5, 5.41) is 20.8. The number of thioether (sulfide) groups is 1. The first-order chi connectivity index (χ1) is 12.8. The highest BCUT2D eigenvalue weighted by Gasteiger charge is 2.32. The lowest BCUT2D eigenvalue weighted by Gasteiger charge is -2.21. The van der Waals surface area contributed by atoms with Gasteiger partial charge in [0.2, 0.25) is 0 Å². The van der Waals surface area contributed by atoms with Gasteiger partial charge >= 0.3 is 5.97 Å². The van der Waals surface area contributed by atoms with Crippen molar-refractivity contribution in [3.8, 4) is 0 Å². The summed E-state index contributed by atoms with van der Waals surface area (Å²) in [4.78, 5) is 27.2. The van der Waals surface area contributed by atoms with E-state index >= 15 is 0 Å². The molecule has 0 spiro atoms. The zero-order chi connectivity index (χ0) is 19.9. The number of aromatic carboxylic acids is 1. The number of carbonyl (C=O) groups excluding carboxylic acids is 1. The Bertz CT molecular complexity index is 669. The van der Waals surface area contributed by atoms with E-state index < -0.39 is 11.6 Å². The van der Waals surface area contributed by atoms with Crippen molar-refractivity contribution in [1.29, 1.82) is 0 Å². The maximum absolute atomic E-state index is 12.2. The van der Waals surface area contributed by atoms with Gasteiger partial charge in [-0.15, -0.1) is 11.3 Å². The van der Waals surface area contributed by atoms with Gasteiger partial charge in [-0.1, -0.05) is 43.7 Å². The van der Waals surface area contributed by atoms with Crippen LogP contribution in [0.1, 0.15) is 69.3 Å². The van der Waals surface area contributed by atoms with Gasteiger partial charge in [0.05, 0.1) is 5.60 Å². The van der Waals surface area contributed by atoms with Gasteiger partial charge in [0.1, 0.15) is 5.78 Å². The van der Waals surface area contributed by atoms with Crippen LogP contribution in [-0.4, -0.2) is 38.3 Å². The summed E-state index contributed by atoms with van der Waals surface area (Å²) in [5.41, 5.74) is -0.594. The molecule has 1 fully saturated rings. The molecule has 1 aliphatic carbocycles. The van der Waals surface area contributed by atoms with Crippen molar-refractivity contribution in [2.24, 2.45) is 11.8 Å². The highest BCUT2D eigenvalue weighted by Crippen LogP contribution is 2.35. The Hall–Kier alpha value is -1.18. The fraction of sp³-hybridized carbons (Fsp3) is 0.650. The lowest BCUT2D eigenvalue weighted by Crippen LogP contribution is -2.22. The first-order valence-corrected chi connectivity index (χ1v) is 11.4. The molecule has 0 amide bonds. The van der Waals surface area contributed by atoms with E-state index in [2.05, 4.69) is 18.0 Å². The van der Waals surface area contributed by atoms with Crippen LogP contribution in [0.15, 0.2) is 21.9 Å². The predicted octanol–water partition coefficient (Wildman–Crippen LogP) is 4.81. The molecule has 1 saturated carbocycles. The molecule has 1 heterocycles. The Morgan fingerprint density at radius 3 is 2.96 bits per heavy atom. The smallest absolute Gasteiger partial charge is 0.355 e. The van der Waals surface area contributed by atoms with Gasteiger partial charge in [-0.25, -0.2) is 9.78 Å². The molecular formula is C20H29NO4S2. The molecule has 0 saturated heterocycles. The van der Waals surface area contributed by atoms with Crippen LogP contribution in [-0.2, 0) is 4.79 Å². The standard InChI is InChI=1S/C20H29NO4S2/c1-3-4-10-20(2,25)11-5-6-14-7-8-17(22)15(14)9-12-26-19-21-16(13-27-19)18(23)24/h5-6,13-15,25H,3-4,7-12H2,1-2H3,(H,23,24)/t14-,15+,20?/m0/s1. The van der Waals surface area contributed by atoms with Crippen LogP contribution in [0.25, 0.3) is 0 Å². The summed E-state index contributed by atoms with van der Waals surface area (Å²) >= 11 is 2.84. The lowest BCUT2D eigenvalue weighted by molar-refractivity contribution is -0.121. The summed E-state index contributed by atoms with van der Waals surface area (Å²) in [6.07, 6.45) is 9.93.